The first-order valence-electron chi connectivity index (χ1n) is 6.20. The molecular weight excluding hydrogens is 294 g/mol. The van der Waals surface area contributed by atoms with Gasteiger partial charge in [-0.1, -0.05) is 20.8 Å². The van der Waals surface area contributed by atoms with E-state index in [1.54, 1.807) is 14.2 Å². The number of methoxy groups -OCH3 is 2. The molecule has 1 aromatic carbocycles. The summed E-state index contributed by atoms with van der Waals surface area (Å²) in [5.41, 5.74) is 1.15. The SMILES string of the molecule is CCNC(c1ccc(OC)c(Br)c1OC)C(C)C. The predicted molar refractivity (Wildman–Crippen MR) is 78.5 cm³/mol. The van der Waals surface area contributed by atoms with Gasteiger partial charge in [0.05, 0.1) is 14.2 Å². The Morgan fingerprint density at radius 3 is 2.33 bits per heavy atom. The maximum absolute atomic E-state index is 5.53. The largest absolute Gasteiger partial charge is 0.495 e. The van der Waals surface area contributed by atoms with Gasteiger partial charge in [0.15, 0.2) is 0 Å². The zero-order valence-electron chi connectivity index (χ0n) is 11.7. The molecule has 4 heteroatoms. The average molecular weight is 316 g/mol. The van der Waals surface area contributed by atoms with Crippen LogP contribution in [0.4, 0.5) is 0 Å². The normalized spacial score (nSPS) is 12.6. The molecule has 1 unspecified atom stereocenters. The zero-order valence-corrected chi connectivity index (χ0v) is 13.3. The first-order valence-corrected chi connectivity index (χ1v) is 6.99. The molecule has 102 valence electrons. The van der Waals surface area contributed by atoms with E-state index in [-0.39, 0.29) is 6.04 Å². The molecule has 0 aliphatic rings. The summed E-state index contributed by atoms with van der Waals surface area (Å²) in [6.07, 6.45) is 0. The fourth-order valence-electron chi connectivity index (χ4n) is 2.09. The van der Waals surface area contributed by atoms with Crippen molar-refractivity contribution in [3.63, 3.8) is 0 Å². The Morgan fingerprint density at radius 1 is 1.22 bits per heavy atom. The third-order valence-electron chi connectivity index (χ3n) is 2.94. The number of hydrogen-bond donors (Lipinski definition) is 1. The van der Waals surface area contributed by atoms with Crippen molar-refractivity contribution in [2.45, 2.75) is 26.8 Å². The summed E-state index contributed by atoms with van der Waals surface area (Å²) in [5, 5.41) is 3.50. The lowest BCUT2D eigenvalue weighted by Crippen LogP contribution is -2.26. The van der Waals surface area contributed by atoms with Gasteiger partial charge in [-0.3, -0.25) is 0 Å². The van der Waals surface area contributed by atoms with Gasteiger partial charge in [0.1, 0.15) is 16.0 Å². The van der Waals surface area contributed by atoms with E-state index in [0.717, 1.165) is 28.1 Å². The molecular formula is C14H22BrNO2. The van der Waals surface area contributed by atoms with Crippen LogP contribution in [0.1, 0.15) is 32.4 Å². The van der Waals surface area contributed by atoms with Crippen LogP contribution in [0.5, 0.6) is 11.5 Å². The standard InChI is InChI=1S/C14H22BrNO2/c1-6-16-13(9(2)3)10-7-8-11(17-4)12(15)14(10)18-5/h7-9,13,16H,6H2,1-5H3. The van der Waals surface area contributed by atoms with Crippen LogP contribution < -0.4 is 14.8 Å². The highest BCUT2D eigenvalue weighted by Gasteiger charge is 2.22. The highest BCUT2D eigenvalue weighted by molar-refractivity contribution is 9.10. The van der Waals surface area contributed by atoms with Crippen LogP contribution in [0.15, 0.2) is 16.6 Å². The second kappa shape index (κ2) is 7.00. The Hall–Kier alpha value is -0.740. The molecule has 0 spiro atoms. The fraction of sp³-hybridized carbons (Fsp3) is 0.571. The first-order chi connectivity index (χ1) is 8.56. The molecule has 0 aromatic heterocycles. The first kappa shape index (κ1) is 15.3. The molecule has 0 bridgehead atoms. The van der Waals surface area contributed by atoms with Gasteiger partial charge < -0.3 is 14.8 Å². The second-order valence-electron chi connectivity index (χ2n) is 4.48. The number of hydrogen-bond acceptors (Lipinski definition) is 3. The fourth-order valence-corrected chi connectivity index (χ4v) is 2.77. The van der Waals surface area contributed by atoms with Crippen molar-refractivity contribution < 1.29 is 9.47 Å². The van der Waals surface area contributed by atoms with Crippen LogP contribution in [0.3, 0.4) is 0 Å². The van der Waals surface area contributed by atoms with Gasteiger partial charge in [-0.05, 0) is 40.5 Å². The Balaban J connectivity index is 3.25. The molecule has 0 amide bonds. The maximum atomic E-state index is 5.53. The topological polar surface area (TPSA) is 30.5 Å². The number of nitrogens with one attached hydrogen (secondary N) is 1. The zero-order chi connectivity index (χ0) is 13.7. The van der Waals surface area contributed by atoms with E-state index in [4.69, 9.17) is 9.47 Å². The molecule has 0 aliphatic heterocycles. The highest BCUT2D eigenvalue weighted by Crippen LogP contribution is 2.41. The molecule has 0 fully saturated rings. The van der Waals surface area contributed by atoms with E-state index in [0.29, 0.717) is 5.92 Å². The van der Waals surface area contributed by atoms with E-state index < -0.39 is 0 Å². The summed E-state index contributed by atoms with van der Waals surface area (Å²) in [6, 6.07) is 4.30. The van der Waals surface area contributed by atoms with Crippen molar-refractivity contribution >= 4 is 15.9 Å². The quantitative estimate of drug-likeness (QED) is 0.866. The smallest absolute Gasteiger partial charge is 0.141 e. The van der Waals surface area contributed by atoms with Crippen LogP contribution in [0.2, 0.25) is 0 Å². The van der Waals surface area contributed by atoms with E-state index in [2.05, 4.69) is 48.1 Å². The van der Waals surface area contributed by atoms with Gasteiger partial charge in [-0.2, -0.15) is 0 Å². The minimum atomic E-state index is 0.271. The second-order valence-corrected chi connectivity index (χ2v) is 5.28. The van der Waals surface area contributed by atoms with Gasteiger partial charge in [0.25, 0.3) is 0 Å². The van der Waals surface area contributed by atoms with Crippen molar-refractivity contribution in [3.05, 3.63) is 22.2 Å². The lowest BCUT2D eigenvalue weighted by Gasteiger charge is -2.25. The van der Waals surface area contributed by atoms with Crippen LogP contribution >= 0.6 is 15.9 Å². The number of ether oxygens (including phenoxy) is 2. The third kappa shape index (κ3) is 3.18. The molecule has 1 aromatic rings. The molecule has 0 aliphatic carbocycles. The Bertz CT molecular complexity index is 394. The highest BCUT2D eigenvalue weighted by atomic mass is 79.9. The molecule has 1 N–H and O–H groups in total. The van der Waals surface area contributed by atoms with E-state index in [1.165, 1.54) is 0 Å². The lowest BCUT2D eigenvalue weighted by molar-refractivity contribution is 0.363. The van der Waals surface area contributed by atoms with Crippen molar-refractivity contribution in [1.82, 2.24) is 5.32 Å². The van der Waals surface area contributed by atoms with E-state index >= 15 is 0 Å². The predicted octanol–water partition coefficient (Wildman–Crippen LogP) is 3.77. The molecule has 0 heterocycles. The summed E-state index contributed by atoms with van der Waals surface area (Å²) in [4.78, 5) is 0. The average Bonchev–Trinajstić information content (AvgIpc) is 2.35. The molecule has 0 radical (unpaired) electrons. The molecule has 1 rings (SSSR count). The summed E-state index contributed by atoms with van der Waals surface area (Å²) in [7, 11) is 3.34. The molecule has 1 atom stereocenters. The number of halogens is 1. The summed E-state index contributed by atoms with van der Waals surface area (Å²) in [5.74, 6) is 2.11. The Kier molecular flexibility index (Phi) is 5.96. The Morgan fingerprint density at radius 2 is 1.89 bits per heavy atom. The summed E-state index contributed by atoms with van der Waals surface area (Å²) < 4.78 is 11.7. The van der Waals surface area contributed by atoms with Crippen molar-refractivity contribution in [3.8, 4) is 11.5 Å². The van der Waals surface area contributed by atoms with Crippen molar-refractivity contribution in [2.75, 3.05) is 20.8 Å². The summed E-state index contributed by atoms with van der Waals surface area (Å²) in [6.45, 7) is 7.44. The van der Waals surface area contributed by atoms with Crippen LogP contribution in [0.25, 0.3) is 0 Å². The minimum Gasteiger partial charge on any atom is -0.495 e. The van der Waals surface area contributed by atoms with Gasteiger partial charge in [-0.25, -0.2) is 0 Å². The van der Waals surface area contributed by atoms with Crippen molar-refractivity contribution in [2.24, 2.45) is 5.92 Å². The Labute approximate surface area is 118 Å². The van der Waals surface area contributed by atoms with Crippen molar-refractivity contribution in [1.29, 1.82) is 0 Å². The van der Waals surface area contributed by atoms with Gasteiger partial charge in [-0.15, -0.1) is 0 Å². The maximum Gasteiger partial charge on any atom is 0.141 e. The number of rotatable bonds is 6. The van der Waals surface area contributed by atoms with E-state index in [1.807, 2.05) is 6.07 Å². The molecule has 0 saturated carbocycles. The molecule has 3 nitrogen and oxygen atoms in total. The van der Waals surface area contributed by atoms with Crippen LogP contribution in [0, 0.1) is 5.92 Å². The summed E-state index contributed by atoms with van der Waals surface area (Å²) >= 11 is 3.54. The monoisotopic (exact) mass is 315 g/mol. The molecule has 0 saturated heterocycles. The van der Waals surface area contributed by atoms with Gasteiger partial charge in [0, 0.05) is 11.6 Å². The van der Waals surface area contributed by atoms with Crippen LogP contribution in [-0.2, 0) is 0 Å². The minimum absolute atomic E-state index is 0.271. The van der Waals surface area contributed by atoms with Gasteiger partial charge in [0.2, 0.25) is 0 Å². The van der Waals surface area contributed by atoms with Crippen LogP contribution in [-0.4, -0.2) is 20.8 Å². The number of benzene rings is 1. The molecule has 18 heavy (non-hydrogen) atoms. The lowest BCUT2D eigenvalue weighted by atomic mass is 9.95. The van der Waals surface area contributed by atoms with Gasteiger partial charge >= 0.3 is 0 Å². The van der Waals surface area contributed by atoms with E-state index in [9.17, 15) is 0 Å². The third-order valence-corrected chi connectivity index (χ3v) is 3.69.